The summed E-state index contributed by atoms with van der Waals surface area (Å²) >= 11 is 0. The second-order valence-corrected chi connectivity index (χ2v) is 5.59. The molecule has 0 aliphatic carbocycles. The van der Waals surface area contributed by atoms with Gasteiger partial charge < -0.3 is 9.84 Å². The quantitative estimate of drug-likeness (QED) is 0.789. The van der Waals surface area contributed by atoms with Crippen LogP contribution in [0.15, 0.2) is 18.2 Å². The second kappa shape index (κ2) is 8.28. The van der Waals surface area contributed by atoms with Crippen molar-refractivity contribution in [2.24, 2.45) is 5.92 Å². The van der Waals surface area contributed by atoms with E-state index in [0.717, 1.165) is 36.5 Å². The summed E-state index contributed by atoms with van der Waals surface area (Å²) in [5, 5.41) is 9.73. The van der Waals surface area contributed by atoms with E-state index in [2.05, 4.69) is 31.7 Å². The summed E-state index contributed by atoms with van der Waals surface area (Å²) in [7, 11) is 1.70. The van der Waals surface area contributed by atoms with Gasteiger partial charge in [-0.2, -0.15) is 0 Å². The van der Waals surface area contributed by atoms with Gasteiger partial charge in [-0.3, -0.25) is 4.90 Å². The summed E-state index contributed by atoms with van der Waals surface area (Å²) in [4.78, 5) is 2.43. The Bertz CT molecular complexity index is 404. The van der Waals surface area contributed by atoms with Crippen LogP contribution < -0.4 is 4.74 Å². The number of methoxy groups -OCH3 is 1. The van der Waals surface area contributed by atoms with Crippen molar-refractivity contribution in [3.63, 3.8) is 0 Å². The molecule has 1 N–H and O–H groups in total. The Balaban J connectivity index is 2.89. The van der Waals surface area contributed by atoms with Gasteiger partial charge in [-0.1, -0.05) is 33.3 Å². The Kier molecular flexibility index (Phi) is 7.03. The zero-order valence-corrected chi connectivity index (χ0v) is 13.5. The molecule has 3 nitrogen and oxygen atoms in total. The highest BCUT2D eigenvalue weighted by Crippen LogP contribution is 2.25. The number of hydrogen-bond donors (Lipinski definition) is 1. The molecular weight excluding hydrogens is 250 g/mol. The molecule has 0 aliphatic heterocycles. The van der Waals surface area contributed by atoms with Gasteiger partial charge in [-0.05, 0) is 37.1 Å². The van der Waals surface area contributed by atoms with E-state index < -0.39 is 6.10 Å². The first-order chi connectivity index (χ1) is 9.51. The Morgan fingerprint density at radius 3 is 2.45 bits per heavy atom. The van der Waals surface area contributed by atoms with Crippen molar-refractivity contribution in [2.75, 3.05) is 20.2 Å². The van der Waals surface area contributed by atoms with Gasteiger partial charge in [0.05, 0.1) is 13.2 Å². The maximum absolute atomic E-state index is 9.73. The van der Waals surface area contributed by atoms with Crippen LogP contribution in [0, 0.1) is 5.92 Å². The molecule has 1 aromatic rings. The molecule has 0 aliphatic rings. The van der Waals surface area contributed by atoms with Crippen LogP contribution in [-0.2, 0) is 6.54 Å². The van der Waals surface area contributed by atoms with Crippen LogP contribution in [0.4, 0.5) is 0 Å². The summed E-state index contributed by atoms with van der Waals surface area (Å²) in [6, 6.07) is 5.94. The molecule has 2 unspecified atom stereocenters. The summed E-state index contributed by atoms with van der Waals surface area (Å²) in [5.41, 5.74) is 2.09. The number of benzene rings is 1. The lowest BCUT2D eigenvalue weighted by Gasteiger charge is -2.25. The lowest BCUT2D eigenvalue weighted by molar-refractivity contribution is 0.198. The van der Waals surface area contributed by atoms with Crippen molar-refractivity contribution in [3.05, 3.63) is 29.3 Å². The minimum Gasteiger partial charge on any atom is -0.496 e. The van der Waals surface area contributed by atoms with E-state index in [1.807, 2.05) is 12.1 Å². The first-order valence-corrected chi connectivity index (χ1v) is 7.58. The molecule has 0 saturated heterocycles. The van der Waals surface area contributed by atoms with Gasteiger partial charge in [-0.25, -0.2) is 0 Å². The maximum atomic E-state index is 9.73. The molecule has 0 heterocycles. The SMILES string of the molecule is CCC(C)CN(CC)Cc1cc(C(C)O)ccc1OC. The number of nitrogens with zero attached hydrogens (tertiary/aromatic N) is 1. The molecular formula is C17H29NO2. The van der Waals surface area contributed by atoms with E-state index in [1.165, 1.54) is 6.42 Å². The van der Waals surface area contributed by atoms with Crippen molar-refractivity contribution in [1.82, 2.24) is 4.90 Å². The second-order valence-electron chi connectivity index (χ2n) is 5.59. The van der Waals surface area contributed by atoms with Crippen molar-refractivity contribution < 1.29 is 9.84 Å². The van der Waals surface area contributed by atoms with Crippen molar-refractivity contribution in [3.8, 4) is 5.75 Å². The molecule has 1 rings (SSSR count). The molecule has 0 aromatic heterocycles. The zero-order chi connectivity index (χ0) is 15.1. The van der Waals surface area contributed by atoms with Crippen LogP contribution in [0.3, 0.4) is 0 Å². The highest BCUT2D eigenvalue weighted by Gasteiger charge is 2.13. The van der Waals surface area contributed by atoms with Gasteiger partial charge in [-0.15, -0.1) is 0 Å². The molecule has 2 atom stereocenters. The van der Waals surface area contributed by atoms with Gasteiger partial charge in [0.25, 0.3) is 0 Å². The Morgan fingerprint density at radius 2 is 1.95 bits per heavy atom. The summed E-state index contributed by atoms with van der Waals surface area (Å²) in [5.74, 6) is 1.60. The fraction of sp³-hybridized carbons (Fsp3) is 0.647. The summed E-state index contributed by atoms with van der Waals surface area (Å²) < 4.78 is 5.45. The minimum atomic E-state index is -0.440. The molecule has 3 heteroatoms. The van der Waals surface area contributed by atoms with E-state index in [9.17, 15) is 5.11 Å². The first-order valence-electron chi connectivity index (χ1n) is 7.58. The zero-order valence-electron chi connectivity index (χ0n) is 13.5. The van der Waals surface area contributed by atoms with Gasteiger partial charge >= 0.3 is 0 Å². The standard InChI is InChI=1S/C17H29NO2/c1-6-13(3)11-18(7-2)12-16-10-15(14(4)19)8-9-17(16)20-5/h8-10,13-14,19H,6-7,11-12H2,1-5H3. The maximum Gasteiger partial charge on any atom is 0.123 e. The van der Waals surface area contributed by atoms with Crippen LogP contribution in [-0.4, -0.2) is 30.2 Å². The van der Waals surface area contributed by atoms with Crippen LogP contribution in [0.1, 0.15) is 51.3 Å². The van der Waals surface area contributed by atoms with E-state index in [1.54, 1.807) is 14.0 Å². The fourth-order valence-electron chi connectivity index (χ4n) is 2.30. The molecule has 1 aromatic carbocycles. The van der Waals surface area contributed by atoms with E-state index in [-0.39, 0.29) is 0 Å². The molecule has 20 heavy (non-hydrogen) atoms. The van der Waals surface area contributed by atoms with E-state index in [4.69, 9.17) is 4.74 Å². The average Bonchev–Trinajstić information content (AvgIpc) is 2.45. The third-order valence-corrected chi connectivity index (χ3v) is 3.89. The van der Waals surface area contributed by atoms with Gasteiger partial charge in [0.1, 0.15) is 5.75 Å². The Hall–Kier alpha value is -1.06. The number of hydrogen-bond acceptors (Lipinski definition) is 3. The Morgan fingerprint density at radius 1 is 1.25 bits per heavy atom. The van der Waals surface area contributed by atoms with Crippen molar-refractivity contribution in [1.29, 1.82) is 0 Å². The highest BCUT2D eigenvalue weighted by molar-refractivity contribution is 5.38. The van der Waals surface area contributed by atoms with Crippen LogP contribution in [0.2, 0.25) is 0 Å². The smallest absolute Gasteiger partial charge is 0.123 e. The predicted molar refractivity (Wildman–Crippen MR) is 84.0 cm³/mol. The fourth-order valence-corrected chi connectivity index (χ4v) is 2.30. The molecule has 0 radical (unpaired) electrons. The molecule has 114 valence electrons. The first kappa shape index (κ1) is 17.0. The van der Waals surface area contributed by atoms with Gasteiger partial charge in [0.15, 0.2) is 0 Å². The van der Waals surface area contributed by atoms with Crippen LogP contribution >= 0.6 is 0 Å². The number of ether oxygens (including phenoxy) is 1. The summed E-state index contributed by atoms with van der Waals surface area (Å²) in [6.07, 6.45) is 0.755. The number of rotatable bonds is 8. The van der Waals surface area contributed by atoms with Crippen molar-refractivity contribution in [2.45, 2.75) is 46.8 Å². The molecule has 0 saturated carbocycles. The van der Waals surface area contributed by atoms with Crippen LogP contribution in [0.5, 0.6) is 5.75 Å². The third kappa shape index (κ3) is 4.80. The van der Waals surface area contributed by atoms with E-state index >= 15 is 0 Å². The van der Waals surface area contributed by atoms with Crippen molar-refractivity contribution >= 4 is 0 Å². The topological polar surface area (TPSA) is 32.7 Å². The lowest BCUT2D eigenvalue weighted by Crippen LogP contribution is -2.28. The van der Waals surface area contributed by atoms with Gasteiger partial charge in [0, 0.05) is 18.7 Å². The number of aliphatic hydroxyl groups excluding tert-OH is 1. The summed E-state index contributed by atoms with van der Waals surface area (Å²) in [6.45, 7) is 11.5. The molecule has 0 bridgehead atoms. The third-order valence-electron chi connectivity index (χ3n) is 3.89. The van der Waals surface area contributed by atoms with Crippen LogP contribution in [0.25, 0.3) is 0 Å². The highest BCUT2D eigenvalue weighted by atomic mass is 16.5. The largest absolute Gasteiger partial charge is 0.496 e. The molecule has 0 spiro atoms. The Labute approximate surface area is 123 Å². The van der Waals surface area contributed by atoms with E-state index in [0.29, 0.717) is 5.92 Å². The lowest BCUT2D eigenvalue weighted by atomic mass is 10.0. The normalized spacial score (nSPS) is 14.3. The van der Waals surface area contributed by atoms with Gasteiger partial charge in [0.2, 0.25) is 0 Å². The predicted octanol–water partition coefficient (Wildman–Crippen LogP) is 3.62. The monoisotopic (exact) mass is 279 g/mol. The molecule has 0 fully saturated rings. The average molecular weight is 279 g/mol. The number of aliphatic hydroxyl groups is 1. The minimum absolute atomic E-state index is 0.440. The molecule has 0 amide bonds.